The predicted octanol–water partition coefficient (Wildman–Crippen LogP) is 1.11. The van der Waals surface area contributed by atoms with Crippen molar-refractivity contribution in [3.63, 3.8) is 0 Å². The zero-order chi connectivity index (χ0) is 21.7. The summed E-state index contributed by atoms with van der Waals surface area (Å²) in [6, 6.07) is 16.2. The molecule has 1 fully saturated rings. The molecule has 160 valence electrons. The molecule has 0 saturated carbocycles. The van der Waals surface area contributed by atoms with Crippen LogP contribution in [0.5, 0.6) is 0 Å². The van der Waals surface area contributed by atoms with Crippen LogP contribution in [0.1, 0.15) is 21.0 Å². The van der Waals surface area contributed by atoms with E-state index < -0.39 is 11.5 Å². The maximum absolute atomic E-state index is 13.0. The molecule has 1 aromatic carbocycles. The average Bonchev–Trinajstić information content (AvgIpc) is 3.22. The smallest absolute Gasteiger partial charge is 0.272 e. The highest BCUT2D eigenvalue weighted by molar-refractivity contribution is 5.93. The zero-order valence-corrected chi connectivity index (χ0v) is 16.8. The fraction of sp³-hybridized carbons (Fsp3) is 0.273. The standard InChI is InChI=1S/C22H23N5O4/c28-20(17-8-4-5-9-23-17)24-13-22(30)14-27(10-11-31-15-22)21(29)19-12-18(25-26-19)16-6-2-1-3-7-16/h1-9,12,30H,10-11,13-15H2,(H,24,28)(H,25,26)/t22-/m0/s1. The summed E-state index contributed by atoms with van der Waals surface area (Å²) in [5, 5.41) is 20.7. The minimum Gasteiger partial charge on any atom is -0.384 e. The minimum absolute atomic E-state index is 0.00246. The molecule has 2 aromatic heterocycles. The summed E-state index contributed by atoms with van der Waals surface area (Å²) >= 11 is 0. The summed E-state index contributed by atoms with van der Waals surface area (Å²) in [5.41, 5.74) is 0.692. The molecular weight excluding hydrogens is 398 g/mol. The third-order valence-corrected chi connectivity index (χ3v) is 5.00. The van der Waals surface area contributed by atoms with Crippen LogP contribution in [-0.2, 0) is 4.74 Å². The van der Waals surface area contributed by atoms with Crippen LogP contribution in [0.25, 0.3) is 11.3 Å². The molecule has 4 rings (SSSR count). The number of nitrogens with one attached hydrogen (secondary N) is 2. The van der Waals surface area contributed by atoms with E-state index in [0.717, 1.165) is 5.56 Å². The maximum atomic E-state index is 13.0. The van der Waals surface area contributed by atoms with Crippen molar-refractivity contribution in [2.75, 3.05) is 32.8 Å². The molecule has 0 unspecified atom stereocenters. The molecule has 0 aliphatic carbocycles. The molecule has 9 nitrogen and oxygen atoms in total. The summed E-state index contributed by atoms with van der Waals surface area (Å²) in [6.07, 6.45) is 1.52. The number of carbonyl (C=O) groups is 2. The molecule has 0 radical (unpaired) electrons. The summed E-state index contributed by atoms with van der Waals surface area (Å²) in [4.78, 5) is 30.8. The van der Waals surface area contributed by atoms with Gasteiger partial charge < -0.3 is 20.1 Å². The molecule has 3 heterocycles. The lowest BCUT2D eigenvalue weighted by Crippen LogP contribution is -2.53. The summed E-state index contributed by atoms with van der Waals surface area (Å²) in [6.45, 7) is 0.521. The van der Waals surface area contributed by atoms with Gasteiger partial charge in [0.2, 0.25) is 0 Å². The number of aromatic amines is 1. The van der Waals surface area contributed by atoms with E-state index in [9.17, 15) is 14.7 Å². The van der Waals surface area contributed by atoms with Gasteiger partial charge in [-0.05, 0) is 18.2 Å². The second-order valence-corrected chi connectivity index (χ2v) is 7.43. The molecule has 0 spiro atoms. The van der Waals surface area contributed by atoms with Gasteiger partial charge in [0.25, 0.3) is 11.8 Å². The Balaban J connectivity index is 1.43. The molecule has 3 aromatic rings. The second kappa shape index (κ2) is 9.07. The first-order valence-corrected chi connectivity index (χ1v) is 9.94. The van der Waals surface area contributed by atoms with Gasteiger partial charge in [-0.2, -0.15) is 5.10 Å². The van der Waals surface area contributed by atoms with E-state index in [-0.39, 0.29) is 37.9 Å². The number of ether oxygens (including phenoxy) is 1. The summed E-state index contributed by atoms with van der Waals surface area (Å²) in [5.74, 6) is -0.702. The number of benzene rings is 1. The number of carbonyl (C=O) groups excluding carboxylic acids is 2. The van der Waals surface area contributed by atoms with Crippen LogP contribution in [-0.4, -0.2) is 75.5 Å². The number of amides is 2. The molecule has 1 aliphatic heterocycles. The molecule has 1 aliphatic rings. The average molecular weight is 421 g/mol. The summed E-state index contributed by atoms with van der Waals surface area (Å²) < 4.78 is 5.50. The largest absolute Gasteiger partial charge is 0.384 e. The van der Waals surface area contributed by atoms with E-state index in [1.54, 1.807) is 24.3 Å². The molecule has 3 N–H and O–H groups in total. The van der Waals surface area contributed by atoms with E-state index in [4.69, 9.17) is 4.74 Å². The van der Waals surface area contributed by atoms with Crippen molar-refractivity contribution in [1.29, 1.82) is 0 Å². The highest BCUT2D eigenvalue weighted by Gasteiger charge is 2.35. The van der Waals surface area contributed by atoms with Crippen LogP contribution in [0.4, 0.5) is 0 Å². The van der Waals surface area contributed by atoms with Crippen molar-refractivity contribution in [2.45, 2.75) is 5.60 Å². The number of pyridine rings is 1. The number of hydrogen-bond acceptors (Lipinski definition) is 6. The first-order chi connectivity index (χ1) is 15.0. The molecular formula is C22H23N5O4. The van der Waals surface area contributed by atoms with Crippen LogP contribution >= 0.6 is 0 Å². The van der Waals surface area contributed by atoms with E-state index in [0.29, 0.717) is 17.9 Å². The fourth-order valence-corrected chi connectivity index (χ4v) is 3.39. The number of H-pyrrole nitrogens is 1. The molecule has 1 saturated heterocycles. The second-order valence-electron chi connectivity index (χ2n) is 7.43. The number of aromatic nitrogens is 3. The normalized spacial score (nSPS) is 18.9. The Kier molecular flexibility index (Phi) is 6.06. The monoisotopic (exact) mass is 421 g/mol. The third kappa shape index (κ3) is 4.96. The van der Waals surface area contributed by atoms with Crippen molar-refractivity contribution >= 4 is 11.8 Å². The molecule has 9 heteroatoms. The van der Waals surface area contributed by atoms with Crippen LogP contribution in [0.3, 0.4) is 0 Å². The van der Waals surface area contributed by atoms with Gasteiger partial charge in [0.15, 0.2) is 0 Å². The quantitative estimate of drug-likeness (QED) is 0.568. The Morgan fingerprint density at radius 2 is 2.00 bits per heavy atom. The third-order valence-electron chi connectivity index (χ3n) is 5.00. The van der Waals surface area contributed by atoms with Crippen LogP contribution in [0.15, 0.2) is 60.8 Å². The Labute approximate surface area is 179 Å². The van der Waals surface area contributed by atoms with Gasteiger partial charge in [-0.15, -0.1) is 0 Å². The van der Waals surface area contributed by atoms with Crippen LogP contribution in [0.2, 0.25) is 0 Å². The lowest BCUT2D eigenvalue weighted by Gasteiger charge is -2.30. The van der Waals surface area contributed by atoms with E-state index in [2.05, 4.69) is 20.5 Å². The Morgan fingerprint density at radius 3 is 2.77 bits per heavy atom. The van der Waals surface area contributed by atoms with Crippen molar-refractivity contribution in [2.24, 2.45) is 0 Å². The van der Waals surface area contributed by atoms with Gasteiger partial charge in [0.05, 0.1) is 32.0 Å². The molecule has 1 atom stereocenters. The molecule has 31 heavy (non-hydrogen) atoms. The van der Waals surface area contributed by atoms with Crippen molar-refractivity contribution in [3.8, 4) is 11.3 Å². The Bertz CT molecular complexity index is 1040. The first kappa shape index (κ1) is 20.7. The van der Waals surface area contributed by atoms with Gasteiger partial charge in [-0.3, -0.25) is 19.7 Å². The van der Waals surface area contributed by atoms with Crippen molar-refractivity contribution < 1.29 is 19.4 Å². The number of β-amino-alcohol motifs (C(OH)–C–C–N with tert-alkyl or cyclic N) is 1. The zero-order valence-electron chi connectivity index (χ0n) is 16.8. The topological polar surface area (TPSA) is 120 Å². The minimum atomic E-state index is -1.43. The molecule has 2 amide bonds. The van der Waals surface area contributed by atoms with E-state index in [1.807, 2.05) is 30.3 Å². The van der Waals surface area contributed by atoms with E-state index in [1.165, 1.54) is 11.1 Å². The van der Waals surface area contributed by atoms with Gasteiger partial charge in [-0.25, -0.2) is 0 Å². The number of hydrogen-bond donors (Lipinski definition) is 3. The predicted molar refractivity (Wildman–Crippen MR) is 112 cm³/mol. The molecule has 0 bridgehead atoms. The van der Waals surface area contributed by atoms with Gasteiger partial charge in [0.1, 0.15) is 17.0 Å². The first-order valence-electron chi connectivity index (χ1n) is 9.94. The summed E-state index contributed by atoms with van der Waals surface area (Å²) in [7, 11) is 0. The van der Waals surface area contributed by atoms with Crippen LogP contribution < -0.4 is 5.32 Å². The highest BCUT2D eigenvalue weighted by Crippen LogP contribution is 2.19. The highest BCUT2D eigenvalue weighted by atomic mass is 16.5. The Morgan fingerprint density at radius 1 is 1.19 bits per heavy atom. The fourth-order valence-electron chi connectivity index (χ4n) is 3.39. The van der Waals surface area contributed by atoms with Gasteiger partial charge >= 0.3 is 0 Å². The lowest BCUT2D eigenvalue weighted by atomic mass is 10.0. The van der Waals surface area contributed by atoms with Gasteiger partial charge in [0, 0.05) is 18.3 Å². The van der Waals surface area contributed by atoms with Crippen molar-refractivity contribution in [3.05, 3.63) is 72.2 Å². The number of aliphatic hydroxyl groups is 1. The number of nitrogens with zero attached hydrogens (tertiary/aromatic N) is 3. The van der Waals surface area contributed by atoms with Gasteiger partial charge in [-0.1, -0.05) is 36.4 Å². The lowest BCUT2D eigenvalue weighted by molar-refractivity contribution is -0.0324. The SMILES string of the molecule is O=C(NC[C@@]1(O)COCCN(C(=O)c2cc(-c3ccccc3)n[nH]2)C1)c1ccccn1. The van der Waals surface area contributed by atoms with Crippen molar-refractivity contribution in [1.82, 2.24) is 25.4 Å². The van der Waals surface area contributed by atoms with Crippen LogP contribution in [0, 0.1) is 0 Å². The number of rotatable bonds is 5. The van der Waals surface area contributed by atoms with E-state index >= 15 is 0 Å². The maximum Gasteiger partial charge on any atom is 0.272 e. The Hall–Kier alpha value is -3.56.